The summed E-state index contributed by atoms with van der Waals surface area (Å²) in [6.45, 7) is 5.73. The molecule has 18 heavy (non-hydrogen) atoms. The van der Waals surface area contributed by atoms with Gasteiger partial charge in [0.2, 0.25) is 0 Å². The third kappa shape index (κ3) is 2.88. The van der Waals surface area contributed by atoms with Crippen molar-refractivity contribution in [2.75, 3.05) is 20.2 Å². The molecular formula is C12H18N2O4. The summed E-state index contributed by atoms with van der Waals surface area (Å²) in [5.74, 6) is -0.226. The first-order valence-electron chi connectivity index (χ1n) is 5.86. The van der Waals surface area contributed by atoms with Crippen LogP contribution in [0, 0.1) is 6.92 Å². The van der Waals surface area contributed by atoms with Crippen molar-refractivity contribution in [3.63, 3.8) is 0 Å². The van der Waals surface area contributed by atoms with Crippen LogP contribution in [0.2, 0.25) is 0 Å². The number of hydrogen-bond donors (Lipinski definition) is 0. The molecule has 1 amide bonds. The Morgan fingerprint density at radius 2 is 2.06 bits per heavy atom. The van der Waals surface area contributed by atoms with E-state index in [1.807, 2.05) is 6.92 Å². The summed E-state index contributed by atoms with van der Waals surface area (Å²) in [5, 5.41) is 3.83. The van der Waals surface area contributed by atoms with Gasteiger partial charge in [-0.25, -0.2) is 0 Å². The maximum Gasteiger partial charge on any atom is 0.325 e. The van der Waals surface area contributed by atoms with Gasteiger partial charge in [0.05, 0.1) is 12.8 Å². The molecule has 1 aromatic rings. The lowest BCUT2D eigenvalue weighted by atomic mass is 10.1. The van der Waals surface area contributed by atoms with E-state index in [4.69, 9.17) is 4.52 Å². The van der Waals surface area contributed by atoms with E-state index in [2.05, 4.69) is 9.89 Å². The second-order valence-corrected chi connectivity index (χ2v) is 3.81. The van der Waals surface area contributed by atoms with Gasteiger partial charge >= 0.3 is 5.97 Å². The molecule has 0 aromatic carbocycles. The maximum atomic E-state index is 12.3. The fourth-order valence-electron chi connectivity index (χ4n) is 1.64. The largest absolute Gasteiger partial charge is 0.468 e. The van der Waals surface area contributed by atoms with Crippen molar-refractivity contribution in [2.24, 2.45) is 0 Å². The molecule has 100 valence electrons. The molecule has 6 heteroatoms. The molecule has 0 saturated heterocycles. The molecule has 0 bridgehead atoms. The number of carbonyl (C=O) groups is 2. The van der Waals surface area contributed by atoms with Crippen LogP contribution in [0.4, 0.5) is 0 Å². The lowest BCUT2D eigenvalue weighted by Gasteiger charge is -2.19. The molecule has 0 aliphatic heterocycles. The lowest BCUT2D eigenvalue weighted by molar-refractivity contribution is -0.141. The van der Waals surface area contributed by atoms with E-state index in [1.54, 1.807) is 13.8 Å². The molecule has 0 radical (unpaired) electrons. The van der Waals surface area contributed by atoms with Crippen molar-refractivity contribution < 1.29 is 18.8 Å². The van der Waals surface area contributed by atoms with Crippen LogP contribution < -0.4 is 0 Å². The molecule has 0 aliphatic rings. The Balaban J connectivity index is 2.96. The van der Waals surface area contributed by atoms with E-state index < -0.39 is 5.97 Å². The monoisotopic (exact) mass is 254 g/mol. The van der Waals surface area contributed by atoms with Crippen molar-refractivity contribution in [2.45, 2.75) is 27.2 Å². The van der Waals surface area contributed by atoms with E-state index in [1.165, 1.54) is 12.0 Å². The van der Waals surface area contributed by atoms with Gasteiger partial charge in [-0.05, 0) is 20.3 Å². The van der Waals surface area contributed by atoms with E-state index in [-0.39, 0.29) is 12.5 Å². The maximum absolute atomic E-state index is 12.3. The first-order valence-corrected chi connectivity index (χ1v) is 5.86. The van der Waals surface area contributed by atoms with Gasteiger partial charge in [0.15, 0.2) is 0 Å². The van der Waals surface area contributed by atoms with Crippen LogP contribution in [0.1, 0.15) is 35.7 Å². The highest BCUT2D eigenvalue weighted by Gasteiger charge is 2.25. The molecule has 6 nitrogen and oxygen atoms in total. The number of carbonyl (C=O) groups excluding carboxylic acids is 2. The van der Waals surface area contributed by atoms with E-state index >= 15 is 0 Å². The summed E-state index contributed by atoms with van der Waals surface area (Å²) in [7, 11) is 1.29. The number of nitrogens with zero attached hydrogens (tertiary/aromatic N) is 2. The number of aromatic nitrogens is 1. The number of amides is 1. The van der Waals surface area contributed by atoms with Crippen molar-refractivity contribution in [3.05, 3.63) is 17.0 Å². The summed E-state index contributed by atoms with van der Waals surface area (Å²) in [4.78, 5) is 25.0. The minimum absolute atomic E-state index is 0.0698. The normalized spacial score (nSPS) is 10.2. The van der Waals surface area contributed by atoms with Gasteiger partial charge in [-0.1, -0.05) is 12.1 Å². The fourth-order valence-corrected chi connectivity index (χ4v) is 1.64. The Bertz CT molecular complexity index is 439. The number of esters is 1. The zero-order chi connectivity index (χ0) is 13.7. The van der Waals surface area contributed by atoms with Crippen LogP contribution in [0.25, 0.3) is 0 Å². The van der Waals surface area contributed by atoms with Crippen LogP contribution >= 0.6 is 0 Å². The van der Waals surface area contributed by atoms with Crippen molar-refractivity contribution >= 4 is 11.9 Å². The molecule has 0 saturated carbocycles. The summed E-state index contributed by atoms with van der Waals surface area (Å²) in [5.41, 5.74) is 1.06. The second kappa shape index (κ2) is 6.18. The Labute approximate surface area is 106 Å². The molecule has 0 aliphatic carbocycles. The minimum atomic E-state index is -0.447. The first kappa shape index (κ1) is 14.2. The van der Waals surface area contributed by atoms with Gasteiger partial charge in [-0.3, -0.25) is 9.59 Å². The molecule has 1 heterocycles. The summed E-state index contributed by atoms with van der Waals surface area (Å²) >= 11 is 0. The first-order chi connectivity index (χ1) is 8.54. The van der Waals surface area contributed by atoms with E-state index in [0.29, 0.717) is 30.0 Å². The zero-order valence-corrected chi connectivity index (χ0v) is 11.1. The molecule has 0 fully saturated rings. The third-order valence-corrected chi connectivity index (χ3v) is 2.70. The van der Waals surface area contributed by atoms with Crippen molar-refractivity contribution in [3.8, 4) is 0 Å². The molecule has 0 unspecified atom stereocenters. The highest BCUT2D eigenvalue weighted by Crippen LogP contribution is 2.16. The molecule has 1 rings (SSSR count). The number of likely N-dealkylation sites (N-methyl/N-ethyl adjacent to an activating group) is 1. The van der Waals surface area contributed by atoms with Crippen LogP contribution in [-0.2, 0) is 16.0 Å². The standard InChI is InChI=1S/C12H18N2O4/c1-5-9-11(8(3)18-13-9)12(16)14(6-2)7-10(15)17-4/h5-7H2,1-4H3. The molecule has 1 aromatic heterocycles. The number of hydrogen-bond acceptors (Lipinski definition) is 5. The Kier molecular flexibility index (Phi) is 4.88. The highest BCUT2D eigenvalue weighted by molar-refractivity contribution is 5.97. The topological polar surface area (TPSA) is 72.6 Å². The smallest absolute Gasteiger partial charge is 0.325 e. The predicted molar refractivity (Wildman–Crippen MR) is 64.2 cm³/mol. The Hall–Kier alpha value is -1.85. The van der Waals surface area contributed by atoms with Crippen molar-refractivity contribution in [1.29, 1.82) is 0 Å². The van der Waals surface area contributed by atoms with Gasteiger partial charge in [-0.15, -0.1) is 0 Å². The Morgan fingerprint density at radius 1 is 1.39 bits per heavy atom. The van der Waals surface area contributed by atoms with E-state index in [9.17, 15) is 9.59 Å². The van der Waals surface area contributed by atoms with Crippen LogP contribution in [-0.4, -0.2) is 42.1 Å². The quantitative estimate of drug-likeness (QED) is 0.738. The summed E-state index contributed by atoms with van der Waals surface area (Å²) in [6.07, 6.45) is 0.605. The summed E-state index contributed by atoms with van der Waals surface area (Å²) in [6, 6.07) is 0. The lowest BCUT2D eigenvalue weighted by Crippen LogP contribution is -2.36. The van der Waals surface area contributed by atoms with Crippen LogP contribution in [0.3, 0.4) is 0 Å². The number of methoxy groups -OCH3 is 1. The Morgan fingerprint density at radius 3 is 2.56 bits per heavy atom. The van der Waals surface area contributed by atoms with Gasteiger partial charge in [0.1, 0.15) is 17.9 Å². The molecular weight excluding hydrogens is 236 g/mol. The molecule has 0 spiro atoms. The predicted octanol–water partition coefficient (Wildman–Crippen LogP) is 1.18. The number of rotatable bonds is 5. The molecule has 0 N–H and O–H groups in total. The van der Waals surface area contributed by atoms with Gasteiger partial charge in [0.25, 0.3) is 5.91 Å². The summed E-state index contributed by atoms with van der Waals surface area (Å²) < 4.78 is 9.58. The van der Waals surface area contributed by atoms with Gasteiger partial charge < -0.3 is 14.2 Å². The van der Waals surface area contributed by atoms with Gasteiger partial charge in [-0.2, -0.15) is 0 Å². The third-order valence-electron chi connectivity index (χ3n) is 2.70. The van der Waals surface area contributed by atoms with Gasteiger partial charge in [0, 0.05) is 6.54 Å². The average molecular weight is 254 g/mol. The fraction of sp³-hybridized carbons (Fsp3) is 0.583. The van der Waals surface area contributed by atoms with Crippen LogP contribution in [0.15, 0.2) is 4.52 Å². The van der Waals surface area contributed by atoms with Crippen LogP contribution in [0.5, 0.6) is 0 Å². The minimum Gasteiger partial charge on any atom is -0.468 e. The van der Waals surface area contributed by atoms with Crippen molar-refractivity contribution in [1.82, 2.24) is 10.1 Å². The second-order valence-electron chi connectivity index (χ2n) is 3.81. The highest BCUT2D eigenvalue weighted by atomic mass is 16.5. The average Bonchev–Trinajstić information content (AvgIpc) is 2.75. The zero-order valence-electron chi connectivity index (χ0n) is 11.1. The number of ether oxygens (including phenoxy) is 1. The van der Waals surface area contributed by atoms with E-state index in [0.717, 1.165) is 0 Å². The molecule has 0 atom stereocenters. The SMILES string of the molecule is CCc1noc(C)c1C(=O)N(CC)CC(=O)OC. The number of aryl methyl sites for hydroxylation is 2.